The van der Waals surface area contributed by atoms with E-state index < -0.39 is 46.5 Å². The number of aromatic nitrogens is 2. The maximum Gasteiger partial charge on any atom is 0.410 e. The number of rotatable bonds is 4. The first kappa shape index (κ1) is 24.1. The normalized spacial score (nSPS) is 14.7. The van der Waals surface area contributed by atoms with Crippen molar-refractivity contribution in [3.8, 4) is 0 Å². The number of benzene rings is 1. The Morgan fingerprint density at radius 2 is 1.70 bits per heavy atom. The van der Waals surface area contributed by atoms with E-state index in [1.54, 1.807) is 25.7 Å². The number of hydrogen-bond acceptors (Lipinski definition) is 5. The van der Waals surface area contributed by atoms with E-state index >= 15 is 0 Å². The highest BCUT2D eigenvalue weighted by Crippen LogP contribution is 2.20. The summed E-state index contributed by atoms with van der Waals surface area (Å²) in [5.41, 5.74) is -1.89. The van der Waals surface area contributed by atoms with Gasteiger partial charge in [-0.25, -0.2) is 18.0 Å². The van der Waals surface area contributed by atoms with Crippen LogP contribution in [0.5, 0.6) is 0 Å². The summed E-state index contributed by atoms with van der Waals surface area (Å²) >= 11 is 0. The summed E-state index contributed by atoms with van der Waals surface area (Å²) in [7, 11) is 0. The summed E-state index contributed by atoms with van der Waals surface area (Å²) < 4.78 is 46.1. The van der Waals surface area contributed by atoms with Gasteiger partial charge in [0.15, 0.2) is 5.69 Å². The molecule has 0 saturated carbocycles. The van der Waals surface area contributed by atoms with Crippen LogP contribution in [0, 0.1) is 17.5 Å². The lowest BCUT2D eigenvalue weighted by Gasteiger charge is -2.33. The molecule has 1 aromatic heterocycles. The van der Waals surface area contributed by atoms with E-state index in [9.17, 15) is 27.6 Å². The van der Waals surface area contributed by atoms with Crippen molar-refractivity contribution in [2.75, 3.05) is 18.4 Å². The van der Waals surface area contributed by atoms with Crippen LogP contribution in [-0.2, 0) is 4.74 Å². The summed E-state index contributed by atoms with van der Waals surface area (Å²) in [4.78, 5) is 38.6. The molecule has 33 heavy (non-hydrogen) atoms. The quantitative estimate of drug-likeness (QED) is 0.639. The molecule has 1 aromatic carbocycles. The number of anilines is 1. The fraction of sp³-hybridized carbons (Fsp3) is 0.429. The zero-order valence-electron chi connectivity index (χ0n) is 18.3. The van der Waals surface area contributed by atoms with Crippen molar-refractivity contribution in [1.82, 2.24) is 20.4 Å². The average molecular weight is 467 g/mol. The molecule has 1 saturated heterocycles. The molecule has 3 amide bonds. The van der Waals surface area contributed by atoms with E-state index in [2.05, 4.69) is 20.8 Å². The Hall–Kier alpha value is -3.57. The summed E-state index contributed by atoms with van der Waals surface area (Å²) in [5, 5.41) is 11.2. The fourth-order valence-electron chi connectivity index (χ4n) is 3.29. The number of ether oxygens (including phenoxy) is 1. The van der Waals surface area contributed by atoms with Crippen LogP contribution >= 0.6 is 0 Å². The fourth-order valence-corrected chi connectivity index (χ4v) is 3.29. The van der Waals surface area contributed by atoms with Crippen LogP contribution < -0.4 is 10.6 Å². The minimum atomic E-state index is -1.38. The molecular formula is C21H24F3N5O4. The molecule has 0 spiro atoms. The van der Waals surface area contributed by atoms with Crippen LogP contribution in [0.25, 0.3) is 0 Å². The Kier molecular flexibility index (Phi) is 6.94. The van der Waals surface area contributed by atoms with E-state index in [1.165, 1.54) is 6.20 Å². The van der Waals surface area contributed by atoms with Gasteiger partial charge >= 0.3 is 6.09 Å². The van der Waals surface area contributed by atoms with Gasteiger partial charge in [0, 0.05) is 37.5 Å². The molecule has 0 radical (unpaired) electrons. The topological polar surface area (TPSA) is 116 Å². The van der Waals surface area contributed by atoms with Crippen LogP contribution in [0.15, 0.2) is 18.3 Å². The molecule has 12 heteroatoms. The van der Waals surface area contributed by atoms with Gasteiger partial charge < -0.3 is 20.3 Å². The van der Waals surface area contributed by atoms with Crippen molar-refractivity contribution >= 4 is 23.6 Å². The van der Waals surface area contributed by atoms with Gasteiger partial charge in [-0.1, -0.05) is 0 Å². The van der Waals surface area contributed by atoms with Crippen molar-refractivity contribution in [3.63, 3.8) is 0 Å². The summed E-state index contributed by atoms with van der Waals surface area (Å²) in [6.07, 6.45) is 1.70. The zero-order valence-corrected chi connectivity index (χ0v) is 18.3. The van der Waals surface area contributed by atoms with Gasteiger partial charge in [-0.3, -0.25) is 14.7 Å². The first-order valence-electron chi connectivity index (χ1n) is 10.2. The molecule has 1 fully saturated rings. The van der Waals surface area contributed by atoms with Crippen molar-refractivity contribution in [3.05, 3.63) is 47.0 Å². The molecule has 9 nitrogen and oxygen atoms in total. The second kappa shape index (κ2) is 9.51. The number of carbonyl (C=O) groups is 3. The molecule has 3 N–H and O–H groups in total. The molecule has 178 valence electrons. The van der Waals surface area contributed by atoms with Crippen molar-refractivity contribution in [2.24, 2.45) is 0 Å². The van der Waals surface area contributed by atoms with E-state index in [0.29, 0.717) is 38.1 Å². The van der Waals surface area contributed by atoms with Crippen LogP contribution in [-0.4, -0.2) is 57.7 Å². The highest BCUT2D eigenvalue weighted by atomic mass is 19.1. The molecule has 0 atom stereocenters. The molecule has 0 bridgehead atoms. The monoisotopic (exact) mass is 467 g/mol. The van der Waals surface area contributed by atoms with E-state index in [1.807, 2.05) is 0 Å². The first-order valence-corrected chi connectivity index (χ1v) is 10.2. The number of hydrogen-bond donors (Lipinski definition) is 3. The van der Waals surface area contributed by atoms with Crippen molar-refractivity contribution < 1.29 is 32.3 Å². The van der Waals surface area contributed by atoms with Gasteiger partial charge in [-0.15, -0.1) is 0 Å². The van der Waals surface area contributed by atoms with E-state index in [4.69, 9.17) is 4.74 Å². The number of carbonyl (C=O) groups excluding carboxylic acids is 3. The smallest absolute Gasteiger partial charge is 0.410 e. The molecule has 2 heterocycles. The minimum absolute atomic E-state index is 0.105. The van der Waals surface area contributed by atoms with Gasteiger partial charge in [-0.2, -0.15) is 5.10 Å². The van der Waals surface area contributed by atoms with Crippen LogP contribution in [0.1, 0.15) is 54.5 Å². The first-order chi connectivity index (χ1) is 15.4. The predicted molar refractivity (Wildman–Crippen MR) is 111 cm³/mol. The second-order valence-electron chi connectivity index (χ2n) is 8.56. The zero-order chi connectivity index (χ0) is 24.3. The highest BCUT2D eigenvalue weighted by molar-refractivity contribution is 6.08. The maximum atomic E-state index is 13.9. The minimum Gasteiger partial charge on any atom is -0.444 e. The lowest BCUT2D eigenvalue weighted by molar-refractivity contribution is 0.0199. The third-order valence-electron chi connectivity index (χ3n) is 4.82. The predicted octanol–water partition coefficient (Wildman–Crippen LogP) is 3.21. The summed E-state index contributed by atoms with van der Waals surface area (Å²) in [5.74, 6) is -5.75. The molecular weight excluding hydrogens is 443 g/mol. The third kappa shape index (κ3) is 6.02. The maximum absolute atomic E-state index is 13.9. The van der Waals surface area contributed by atoms with Crippen LogP contribution in [0.4, 0.5) is 23.7 Å². The number of nitrogens with one attached hydrogen (secondary N) is 3. The average Bonchev–Trinajstić information content (AvgIpc) is 3.14. The number of aromatic amines is 1. The number of nitrogens with zero attached hydrogens (tertiary/aromatic N) is 2. The van der Waals surface area contributed by atoms with Crippen molar-refractivity contribution in [1.29, 1.82) is 0 Å². The molecule has 1 aliphatic rings. The third-order valence-corrected chi connectivity index (χ3v) is 4.82. The van der Waals surface area contributed by atoms with Crippen LogP contribution in [0.2, 0.25) is 0 Å². The van der Waals surface area contributed by atoms with Gasteiger partial charge in [0.05, 0.1) is 5.69 Å². The number of likely N-dealkylation sites (tertiary alicyclic amines) is 1. The lowest BCUT2D eigenvalue weighted by atomic mass is 10.1. The highest BCUT2D eigenvalue weighted by Gasteiger charge is 2.29. The van der Waals surface area contributed by atoms with E-state index in [-0.39, 0.29) is 17.4 Å². The Labute approximate surface area is 187 Å². The van der Waals surface area contributed by atoms with E-state index in [0.717, 1.165) is 0 Å². The largest absolute Gasteiger partial charge is 0.444 e. The standard InChI is InChI=1S/C21H24F3N5O4/c1-21(2,3)33-20(32)29-6-4-12(5-7-29)26-19(31)17-15(10-25-28-17)27-18(30)16-13(23)8-11(22)9-14(16)24/h8-10,12H,4-7H2,1-3H3,(H,25,28)(H,26,31)(H,27,30). The van der Waals surface area contributed by atoms with Crippen LogP contribution in [0.3, 0.4) is 0 Å². The van der Waals surface area contributed by atoms with Gasteiger partial charge in [-0.05, 0) is 33.6 Å². The lowest BCUT2D eigenvalue weighted by Crippen LogP contribution is -2.47. The SMILES string of the molecule is CC(C)(C)OC(=O)N1CCC(NC(=O)c2n[nH]cc2NC(=O)c2c(F)cc(F)cc2F)CC1. The van der Waals surface area contributed by atoms with Crippen molar-refractivity contribution in [2.45, 2.75) is 45.3 Å². The molecule has 3 rings (SSSR count). The molecule has 2 aromatic rings. The Morgan fingerprint density at radius 3 is 2.27 bits per heavy atom. The summed E-state index contributed by atoms with van der Waals surface area (Å²) in [6.45, 7) is 6.09. The number of piperidine rings is 1. The van der Waals surface area contributed by atoms with Gasteiger partial charge in [0.25, 0.3) is 11.8 Å². The Balaban J connectivity index is 1.60. The summed E-state index contributed by atoms with van der Waals surface area (Å²) in [6, 6.07) is 0.498. The molecule has 1 aliphatic heterocycles. The van der Waals surface area contributed by atoms with Gasteiger partial charge in [0.2, 0.25) is 0 Å². The molecule has 0 aliphatic carbocycles. The Morgan fingerprint density at radius 1 is 1.09 bits per heavy atom. The number of amides is 3. The second-order valence-corrected chi connectivity index (χ2v) is 8.56. The van der Waals surface area contributed by atoms with Gasteiger partial charge in [0.1, 0.15) is 28.6 Å². The molecule has 0 unspecified atom stereocenters. The Bertz CT molecular complexity index is 1040. The number of H-pyrrole nitrogens is 1. The number of halogens is 3.